The summed E-state index contributed by atoms with van der Waals surface area (Å²) in [5, 5.41) is 2.71. The van der Waals surface area contributed by atoms with Crippen LogP contribution in [0.5, 0.6) is 0 Å². The summed E-state index contributed by atoms with van der Waals surface area (Å²) in [6.07, 6.45) is 5.64. The normalized spacial score (nSPS) is 16.4. The molecule has 1 saturated carbocycles. The Labute approximate surface area is 149 Å². The van der Waals surface area contributed by atoms with Gasteiger partial charge in [0, 0.05) is 17.3 Å². The minimum Gasteiger partial charge on any atom is -0.322 e. The van der Waals surface area contributed by atoms with Crippen LogP contribution in [0.2, 0.25) is 0 Å². The van der Waals surface area contributed by atoms with Crippen molar-refractivity contribution in [2.75, 3.05) is 5.32 Å². The first-order valence-electron chi connectivity index (χ1n) is 8.47. The van der Waals surface area contributed by atoms with Gasteiger partial charge in [0.2, 0.25) is 0 Å². The molecule has 1 unspecified atom stereocenters. The van der Waals surface area contributed by atoms with Crippen LogP contribution in [0.1, 0.15) is 42.5 Å². The summed E-state index contributed by atoms with van der Waals surface area (Å²) in [5.74, 6) is -0.674. The number of nitrogens with one attached hydrogen (secondary N) is 2. The van der Waals surface area contributed by atoms with Crippen LogP contribution in [-0.2, 0) is 11.0 Å². The fourth-order valence-electron chi connectivity index (χ4n) is 2.93. The van der Waals surface area contributed by atoms with Crippen molar-refractivity contribution in [3.8, 4) is 0 Å². The van der Waals surface area contributed by atoms with Crippen LogP contribution in [0.25, 0.3) is 0 Å². The third-order valence-electron chi connectivity index (χ3n) is 4.29. The molecule has 4 nitrogen and oxygen atoms in total. The van der Waals surface area contributed by atoms with E-state index in [1.807, 2.05) is 0 Å². The molecule has 1 aliphatic rings. The van der Waals surface area contributed by atoms with Gasteiger partial charge in [-0.3, -0.25) is 4.79 Å². The fourth-order valence-corrected chi connectivity index (χ4v) is 4.04. The second-order valence-corrected chi connectivity index (χ2v) is 7.45. The molecule has 0 radical (unpaired) electrons. The molecule has 6 heteroatoms. The maximum Gasteiger partial charge on any atom is 0.255 e. The van der Waals surface area contributed by atoms with Crippen molar-refractivity contribution in [2.45, 2.75) is 43.0 Å². The van der Waals surface area contributed by atoms with Gasteiger partial charge in [-0.2, -0.15) is 0 Å². The summed E-state index contributed by atoms with van der Waals surface area (Å²) in [5.41, 5.74) is 0.930. The molecule has 1 amide bonds. The number of hydrogen-bond acceptors (Lipinski definition) is 2. The lowest BCUT2D eigenvalue weighted by molar-refractivity contribution is 0.102. The summed E-state index contributed by atoms with van der Waals surface area (Å²) < 4.78 is 28.6. The lowest BCUT2D eigenvalue weighted by Crippen LogP contribution is -2.32. The standard InChI is InChI=1S/C19H21FN2O2S/c20-15-9-11-16(12-10-15)21-19(23)14-5-4-8-18(13-14)25(24)22-17-6-2-1-3-7-17/h4-5,8-13,17,22H,1-3,6-7H2,(H,21,23). The summed E-state index contributed by atoms with van der Waals surface area (Å²) >= 11 is 0. The summed E-state index contributed by atoms with van der Waals surface area (Å²) in [6.45, 7) is 0. The van der Waals surface area contributed by atoms with Gasteiger partial charge < -0.3 is 5.32 Å². The first-order chi connectivity index (χ1) is 12.1. The Kier molecular flexibility index (Phi) is 5.94. The van der Waals surface area contributed by atoms with Gasteiger partial charge in [-0.1, -0.05) is 25.3 Å². The van der Waals surface area contributed by atoms with Gasteiger partial charge in [0.25, 0.3) is 5.91 Å². The van der Waals surface area contributed by atoms with Crippen molar-refractivity contribution in [1.29, 1.82) is 0 Å². The third-order valence-corrected chi connectivity index (χ3v) is 5.52. The van der Waals surface area contributed by atoms with E-state index in [9.17, 15) is 13.4 Å². The van der Waals surface area contributed by atoms with Crippen LogP contribution in [0.3, 0.4) is 0 Å². The molecule has 0 aromatic heterocycles. The quantitative estimate of drug-likeness (QED) is 0.846. The SMILES string of the molecule is O=C(Nc1ccc(F)cc1)c1cccc(S(=O)NC2CCCCC2)c1. The minimum absolute atomic E-state index is 0.270. The molecule has 0 spiro atoms. The molecule has 0 bridgehead atoms. The van der Waals surface area contributed by atoms with E-state index in [0.717, 1.165) is 25.7 Å². The zero-order valence-corrected chi connectivity index (χ0v) is 14.7. The average Bonchev–Trinajstić information content (AvgIpc) is 2.64. The van der Waals surface area contributed by atoms with Crippen LogP contribution < -0.4 is 10.0 Å². The number of amides is 1. The van der Waals surface area contributed by atoms with Crippen molar-refractivity contribution in [3.63, 3.8) is 0 Å². The lowest BCUT2D eigenvalue weighted by atomic mass is 9.96. The smallest absolute Gasteiger partial charge is 0.255 e. The van der Waals surface area contributed by atoms with E-state index in [4.69, 9.17) is 0 Å². The maximum atomic E-state index is 12.9. The summed E-state index contributed by atoms with van der Waals surface area (Å²) in [7, 11) is -1.34. The van der Waals surface area contributed by atoms with Crippen molar-refractivity contribution in [3.05, 3.63) is 59.9 Å². The molecule has 2 aromatic rings. The van der Waals surface area contributed by atoms with Crippen molar-refractivity contribution < 1.29 is 13.4 Å². The predicted molar refractivity (Wildman–Crippen MR) is 97.2 cm³/mol. The van der Waals surface area contributed by atoms with Crippen LogP contribution in [-0.4, -0.2) is 16.2 Å². The molecule has 1 fully saturated rings. The summed E-state index contributed by atoms with van der Waals surface area (Å²) in [6, 6.07) is 12.6. The molecule has 2 aromatic carbocycles. The highest BCUT2D eigenvalue weighted by atomic mass is 32.2. The largest absolute Gasteiger partial charge is 0.322 e. The van der Waals surface area contributed by atoms with E-state index in [-0.39, 0.29) is 17.8 Å². The highest BCUT2D eigenvalue weighted by Crippen LogP contribution is 2.19. The van der Waals surface area contributed by atoms with Gasteiger partial charge in [-0.15, -0.1) is 0 Å². The number of carbonyl (C=O) groups is 1. The molecule has 3 rings (SSSR count). The maximum absolute atomic E-state index is 12.9. The second-order valence-electron chi connectivity index (χ2n) is 6.21. The average molecular weight is 360 g/mol. The first kappa shape index (κ1) is 17.8. The topological polar surface area (TPSA) is 58.2 Å². The molecular weight excluding hydrogens is 339 g/mol. The molecule has 1 atom stereocenters. The van der Waals surface area contributed by atoms with Gasteiger partial charge in [-0.05, 0) is 55.3 Å². The number of hydrogen-bond donors (Lipinski definition) is 2. The van der Waals surface area contributed by atoms with Gasteiger partial charge in [0.1, 0.15) is 16.8 Å². The van der Waals surface area contributed by atoms with E-state index in [2.05, 4.69) is 10.0 Å². The molecule has 0 saturated heterocycles. The molecule has 132 valence electrons. The first-order valence-corrected chi connectivity index (χ1v) is 9.62. The number of halogens is 1. The lowest BCUT2D eigenvalue weighted by Gasteiger charge is -2.22. The van der Waals surface area contributed by atoms with Crippen LogP contribution >= 0.6 is 0 Å². The number of carbonyl (C=O) groups excluding carboxylic acids is 1. The molecule has 1 aliphatic carbocycles. The van der Waals surface area contributed by atoms with Crippen molar-refractivity contribution in [1.82, 2.24) is 4.72 Å². The Bertz CT molecular complexity index is 758. The van der Waals surface area contributed by atoms with E-state index in [1.165, 1.54) is 30.7 Å². The Hall–Kier alpha value is -2.05. The van der Waals surface area contributed by atoms with E-state index in [0.29, 0.717) is 16.1 Å². The zero-order chi connectivity index (χ0) is 17.6. The van der Waals surface area contributed by atoms with E-state index < -0.39 is 11.0 Å². The van der Waals surface area contributed by atoms with Gasteiger partial charge >= 0.3 is 0 Å². The number of rotatable bonds is 5. The number of anilines is 1. The van der Waals surface area contributed by atoms with Gasteiger partial charge in [0.05, 0.1) is 4.90 Å². The van der Waals surface area contributed by atoms with Gasteiger partial charge in [-0.25, -0.2) is 13.3 Å². The Morgan fingerprint density at radius 2 is 1.76 bits per heavy atom. The van der Waals surface area contributed by atoms with Gasteiger partial charge in [0.15, 0.2) is 0 Å². The predicted octanol–water partition coefficient (Wildman–Crippen LogP) is 4.02. The molecule has 0 aliphatic heterocycles. The summed E-state index contributed by atoms with van der Waals surface area (Å²) in [4.78, 5) is 12.9. The van der Waals surface area contributed by atoms with Crippen LogP contribution in [0.15, 0.2) is 53.4 Å². The second kappa shape index (κ2) is 8.36. The molecule has 2 N–H and O–H groups in total. The third kappa shape index (κ3) is 4.96. The monoisotopic (exact) mass is 360 g/mol. The molecule has 25 heavy (non-hydrogen) atoms. The number of benzene rings is 2. The Morgan fingerprint density at radius 3 is 2.48 bits per heavy atom. The van der Waals surface area contributed by atoms with Crippen molar-refractivity contribution in [2.24, 2.45) is 0 Å². The van der Waals surface area contributed by atoms with Crippen molar-refractivity contribution >= 4 is 22.6 Å². The van der Waals surface area contributed by atoms with Crippen LogP contribution in [0.4, 0.5) is 10.1 Å². The molecule has 0 heterocycles. The van der Waals surface area contributed by atoms with E-state index >= 15 is 0 Å². The minimum atomic E-state index is -1.34. The van der Waals surface area contributed by atoms with Crippen LogP contribution in [0, 0.1) is 5.82 Å². The fraction of sp³-hybridized carbons (Fsp3) is 0.316. The highest BCUT2D eigenvalue weighted by Gasteiger charge is 2.17. The van der Waals surface area contributed by atoms with E-state index in [1.54, 1.807) is 24.3 Å². The Balaban J connectivity index is 1.66. The zero-order valence-electron chi connectivity index (χ0n) is 13.8. The highest BCUT2D eigenvalue weighted by molar-refractivity contribution is 7.83. The molecular formula is C19H21FN2O2S. The Morgan fingerprint density at radius 1 is 1.04 bits per heavy atom.